The number of rotatable bonds is 11. The zero-order valence-electron chi connectivity index (χ0n) is 14.7. The molecule has 0 aliphatic carbocycles. The van der Waals surface area contributed by atoms with Crippen LogP contribution in [0.25, 0.3) is 0 Å². The first-order valence-corrected chi connectivity index (χ1v) is 7.91. The Morgan fingerprint density at radius 3 is 1.92 bits per heavy atom. The van der Waals surface area contributed by atoms with Gasteiger partial charge in [0.2, 0.25) is 0 Å². The maximum atomic E-state index is 11.2. The van der Waals surface area contributed by atoms with Crippen LogP contribution in [0.3, 0.4) is 0 Å². The maximum Gasteiger partial charge on any atom is 0.333 e. The lowest BCUT2D eigenvalue weighted by atomic mass is 10.3. The number of carbonyl (C=O) groups excluding carboxylic acids is 2. The van der Waals surface area contributed by atoms with Crippen molar-refractivity contribution in [3.8, 4) is 11.5 Å². The van der Waals surface area contributed by atoms with Gasteiger partial charge >= 0.3 is 11.9 Å². The topological polar surface area (TPSA) is 71.1 Å². The minimum Gasteiger partial charge on any atom is -0.493 e. The van der Waals surface area contributed by atoms with Crippen LogP contribution in [0.5, 0.6) is 11.5 Å². The Morgan fingerprint density at radius 2 is 1.36 bits per heavy atom. The molecule has 0 aliphatic rings. The van der Waals surface area contributed by atoms with Crippen molar-refractivity contribution in [2.24, 2.45) is 0 Å². The molecule has 0 bridgehead atoms. The molecule has 0 saturated heterocycles. The molecule has 0 N–H and O–H groups in total. The van der Waals surface area contributed by atoms with E-state index < -0.39 is 11.9 Å². The van der Waals surface area contributed by atoms with Gasteiger partial charge in [0.25, 0.3) is 0 Å². The van der Waals surface area contributed by atoms with Gasteiger partial charge in [0, 0.05) is 23.6 Å². The highest BCUT2D eigenvalue weighted by Gasteiger charge is 2.04. The van der Waals surface area contributed by atoms with E-state index in [4.69, 9.17) is 18.9 Å². The second kappa shape index (κ2) is 10.9. The molecule has 25 heavy (non-hydrogen) atoms. The molecule has 6 nitrogen and oxygen atoms in total. The highest BCUT2D eigenvalue weighted by atomic mass is 16.6. The summed E-state index contributed by atoms with van der Waals surface area (Å²) in [6, 6.07) is 7.11. The van der Waals surface area contributed by atoms with Crippen molar-refractivity contribution in [2.75, 3.05) is 26.4 Å². The fourth-order valence-electron chi connectivity index (χ4n) is 1.61. The first-order valence-electron chi connectivity index (χ1n) is 7.91. The Hall–Kier alpha value is -2.76. The molecule has 0 aliphatic heterocycles. The smallest absolute Gasteiger partial charge is 0.333 e. The summed E-state index contributed by atoms with van der Waals surface area (Å²) in [4.78, 5) is 22.4. The van der Waals surface area contributed by atoms with Gasteiger partial charge in [-0.3, -0.25) is 0 Å². The van der Waals surface area contributed by atoms with E-state index in [2.05, 4.69) is 13.2 Å². The standard InChI is InChI=1S/C19H24O6/c1-14(2)18(20)24-10-6-9-22-16-7-5-8-17(13-16)23-11-12-25-19(21)15(3)4/h5,7-8,13H,1,3,6,9-12H2,2,4H3. The van der Waals surface area contributed by atoms with Gasteiger partial charge in [0.05, 0.1) is 13.2 Å². The molecule has 136 valence electrons. The van der Waals surface area contributed by atoms with Gasteiger partial charge < -0.3 is 18.9 Å². The number of carbonyl (C=O) groups is 2. The van der Waals surface area contributed by atoms with Crippen molar-refractivity contribution in [1.82, 2.24) is 0 Å². The summed E-state index contributed by atoms with van der Waals surface area (Å²) in [6.45, 7) is 11.3. The van der Waals surface area contributed by atoms with E-state index in [1.165, 1.54) is 0 Å². The number of ether oxygens (including phenoxy) is 4. The van der Waals surface area contributed by atoms with E-state index in [1.54, 1.807) is 38.1 Å². The van der Waals surface area contributed by atoms with Gasteiger partial charge in [0.1, 0.15) is 24.7 Å². The van der Waals surface area contributed by atoms with Crippen LogP contribution in [0.1, 0.15) is 20.3 Å². The Bertz CT molecular complexity index is 620. The summed E-state index contributed by atoms with van der Waals surface area (Å²) in [6.07, 6.45) is 0.570. The lowest BCUT2D eigenvalue weighted by molar-refractivity contribution is -0.140. The minimum atomic E-state index is -0.437. The van der Waals surface area contributed by atoms with Crippen LogP contribution in [0.4, 0.5) is 0 Å². The van der Waals surface area contributed by atoms with Gasteiger partial charge in [-0.1, -0.05) is 19.2 Å². The van der Waals surface area contributed by atoms with Crippen LogP contribution in [0.15, 0.2) is 48.6 Å². The van der Waals surface area contributed by atoms with E-state index in [9.17, 15) is 9.59 Å². The molecular formula is C19H24O6. The van der Waals surface area contributed by atoms with Gasteiger partial charge in [-0.15, -0.1) is 0 Å². The Morgan fingerprint density at radius 1 is 0.840 bits per heavy atom. The van der Waals surface area contributed by atoms with E-state index in [0.717, 1.165) is 0 Å². The molecule has 0 unspecified atom stereocenters. The summed E-state index contributed by atoms with van der Waals surface area (Å²) in [5.74, 6) is 0.413. The summed E-state index contributed by atoms with van der Waals surface area (Å²) < 4.78 is 21.0. The minimum absolute atomic E-state index is 0.144. The Labute approximate surface area is 148 Å². The Kier molecular flexibility index (Phi) is 8.85. The van der Waals surface area contributed by atoms with Crippen LogP contribution < -0.4 is 9.47 Å². The molecule has 0 atom stereocenters. The third kappa shape index (κ3) is 8.60. The van der Waals surface area contributed by atoms with Crippen LogP contribution in [0, 0.1) is 0 Å². The second-order valence-electron chi connectivity index (χ2n) is 5.36. The van der Waals surface area contributed by atoms with Gasteiger partial charge in [0.15, 0.2) is 0 Å². The molecule has 0 heterocycles. The highest BCUT2D eigenvalue weighted by Crippen LogP contribution is 2.19. The van der Waals surface area contributed by atoms with Crippen molar-refractivity contribution < 1.29 is 28.5 Å². The summed E-state index contributed by atoms with van der Waals surface area (Å²) in [5.41, 5.74) is 0.726. The van der Waals surface area contributed by atoms with E-state index in [-0.39, 0.29) is 19.8 Å². The lowest BCUT2D eigenvalue weighted by Crippen LogP contribution is -2.12. The summed E-state index contributed by atoms with van der Waals surface area (Å²) in [7, 11) is 0. The van der Waals surface area contributed by atoms with E-state index >= 15 is 0 Å². The average molecular weight is 348 g/mol. The fourth-order valence-corrected chi connectivity index (χ4v) is 1.61. The molecular weight excluding hydrogens is 324 g/mol. The largest absolute Gasteiger partial charge is 0.493 e. The van der Waals surface area contributed by atoms with Crippen LogP contribution in [-0.4, -0.2) is 38.4 Å². The number of hydrogen-bond donors (Lipinski definition) is 0. The number of esters is 2. The molecule has 1 aromatic carbocycles. The first-order chi connectivity index (χ1) is 11.9. The van der Waals surface area contributed by atoms with Crippen LogP contribution in [-0.2, 0) is 19.1 Å². The number of benzene rings is 1. The molecule has 0 spiro atoms. The predicted molar refractivity (Wildman–Crippen MR) is 93.6 cm³/mol. The van der Waals surface area contributed by atoms with Crippen molar-refractivity contribution in [1.29, 1.82) is 0 Å². The quantitative estimate of drug-likeness (QED) is 0.348. The fraction of sp³-hybridized carbons (Fsp3) is 0.368. The first kappa shape index (κ1) is 20.3. The zero-order valence-corrected chi connectivity index (χ0v) is 14.7. The monoisotopic (exact) mass is 348 g/mol. The Balaban J connectivity index is 2.25. The molecule has 1 aromatic rings. The van der Waals surface area contributed by atoms with Crippen LogP contribution in [0.2, 0.25) is 0 Å². The van der Waals surface area contributed by atoms with E-state index in [0.29, 0.717) is 35.7 Å². The van der Waals surface area contributed by atoms with Crippen LogP contribution >= 0.6 is 0 Å². The van der Waals surface area contributed by atoms with Gasteiger partial charge in [-0.25, -0.2) is 9.59 Å². The molecule has 0 fully saturated rings. The normalized spacial score (nSPS) is 9.84. The van der Waals surface area contributed by atoms with Crippen molar-refractivity contribution in [3.63, 3.8) is 0 Å². The summed E-state index contributed by atoms with van der Waals surface area (Å²) in [5, 5.41) is 0. The van der Waals surface area contributed by atoms with Crippen molar-refractivity contribution in [2.45, 2.75) is 20.3 Å². The predicted octanol–water partition coefficient (Wildman–Crippen LogP) is 3.07. The molecule has 0 amide bonds. The zero-order chi connectivity index (χ0) is 18.7. The molecule has 6 heteroatoms. The van der Waals surface area contributed by atoms with Crippen molar-refractivity contribution >= 4 is 11.9 Å². The van der Waals surface area contributed by atoms with Gasteiger partial charge in [-0.2, -0.15) is 0 Å². The third-order valence-corrected chi connectivity index (χ3v) is 2.88. The molecule has 1 rings (SSSR count). The second-order valence-corrected chi connectivity index (χ2v) is 5.36. The highest BCUT2D eigenvalue weighted by molar-refractivity contribution is 5.87. The molecule has 0 radical (unpaired) electrons. The maximum absolute atomic E-state index is 11.2. The third-order valence-electron chi connectivity index (χ3n) is 2.88. The SMILES string of the molecule is C=C(C)C(=O)OCCCOc1cccc(OCCOC(=O)C(=C)C)c1. The van der Waals surface area contributed by atoms with Crippen molar-refractivity contribution in [3.05, 3.63) is 48.6 Å². The average Bonchev–Trinajstić information content (AvgIpc) is 2.58. The van der Waals surface area contributed by atoms with Gasteiger partial charge in [-0.05, 0) is 26.0 Å². The molecule has 0 aromatic heterocycles. The lowest BCUT2D eigenvalue weighted by Gasteiger charge is -2.10. The van der Waals surface area contributed by atoms with E-state index in [1.807, 2.05) is 0 Å². The molecule has 0 saturated carbocycles. The number of hydrogen-bond acceptors (Lipinski definition) is 6. The summed E-state index contributed by atoms with van der Waals surface area (Å²) >= 11 is 0.